The van der Waals surface area contributed by atoms with Gasteiger partial charge in [0.15, 0.2) is 11.4 Å². The SMILES string of the molecule is [C-]#[N+]c1ccc2c(c1)c1cc(-n3c4ccccc4c4ccccc43)ccc1n2-c1ccc([N+]#[C-])c(-c2ccc(-n3c4ccccc4c4ccccc43)cc2)c1. The molecule has 3 aromatic heterocycles. The number of hydrogen-bond donors (Lipinski definition) is 0. The summed E-state index contributed by atoms with van der Waals surface area (Å²) in [6, 6.07) is 61.3. The highest BCUT2D eigenvalue weighted by Gasteiger charge is 2.18. The molecule has 55 heavy (non-hydrogen) atoms. The van der Waals surface area contributed by atoms with Crippen LogP contribution in [0.4, 0.5) is 11.4 Å². The summed E-state index contributed by atoms with van der Waals surface area (Å²) < 4.78 is 6.90. The van der Waals surface area contributed by atoms with Crippen molar-refractivity contribution in [1.29, 1.82) is 0 Å². The van der Waals surface area contributed by atoms with Crippen LogP contribution in [0.15, 0.2) is 176 Å². The highest BCUT2D eigenvalue weighted by atomic mass is 15.0. The monoisotopic (exact) mass is 699 g/mol. The molecular formula is C50H29N5. The minimum Gasteiger partial charge on any atom is -0.309 e. The van der Waals surface area contributed by atoms with Crippen LogP contribution < -0.4 is 0 Å². The van der Waals surface area contributed by atoms with E-state index < -0.39 is 0 Å². The van der Waals surface area contributed by atoms with Gasteiger partial charge in [0.2, 0.25) is 0 Å². The molecule has 3 heterocycles. The molecule has 8 aromatic carbocycles. The number of nitrogens with zero attached hydrogens (tertiary/aromatic N) is 5. The van der Waals surface area contributed by atoms with Crippen molar-refractivity contribution in [3.05, 3.63) is 199 Å². The lowest BCUT2D eigenvalue weighted by molar-refractivity contribution is 1.17. The van der Waals surface area contributed by atoms with Gasteiger partial charge in [-0.3, -0.25) is 0 Å². The molecular weight excluding hydrogens is 671 g/mol. The fraction of sp³-hybridized carbons (Fsp3) is 0. The van der Waals surface area contributed by atoms with Crippen molar-refractivity contribution in [3.8, 4) is 28.2 Å². The van der Waals surface area contributed by atoms with Gasteiger partial charge in [-0.25, -0.2) is 9.69 Å². The molecule has 11 rings (SSSR count). The summed E-state index contributed by atoms with van der Waals surface area (Å²) in [6.45, 7) is 15.9. The molecule has 0 spiro atoms. The summed E-state index contributed by atoms with van der Waals surface area (Å²) in [5.41, 5.74) is 12.8. The molecule has 0 atom stereocenters. The van der Waals surface area contributed by atoms with Crippen molar-refractivity contribution < 1.29 is 0 Å². The number of aromatic nitrogens is 3. The standard InChI is InChI=1S/C50H29N5/c1-51-33-21-27-49-42(29-33)43-31-36(54-47-17-9-5-13-39(47)40-14-6-10-18-48(40)54)25-28-50(43)55(49)35-24-26-44(52-2)41(30-35)32-19-22-34(23-20-32)53-45-15-7-3-11-37(45)38-12-4-8-16-46(38)53/h3-31H. The van der Waals surface area contributed by atoms with Gasteiger partial charge < -0.3 is 13.7 Å². The van der Waals surface area contributed by atoms with Gasteiger partial charge in [-0.15, -0.1) is 0 Å². The maximum absolute atomic E-state index is 8.11. The van der Waals surface area contributed by atoms with Crippen LogP contribution in [0.25, 0.3) is 103 Å². The lowest BCUT2D eigenvalue weighted by Gasteiger charge is -2.14. The normalized spacial score (nSPS) is 11.6. The largest absolute Gasteiger partial charge is 0.309 e. The van der Waals surface area contributed by atoms with Gasteiger partial charge in [0.1, 0.15) is 0 Å². The molecule has 0 fully saturated rings. The summed E-state index contributed by atoms with van der Waals surface area (Å²) in [5.74, 6) is 0. The van der Waals surface area contributed by atoms with Gasteiger partial charge in [-0.05, 0) is 95.4 Å². The highest BCUT2D eigenvalue weighted by molar-refractivity contribution is 6.13. The van der Waals surface area contributed by atoms with Crippen molar-refractivity contribution in [2.24, 2.45) is 0 Å². The van der Waals surface area contributed by atoms with Crippen molar-refractivity contribution in [2.75, 3.05) is 0 Å². The molecule has 11 aromatic rings. The average molecular weight is 700 g/mol. The number of hydrogen-bond acceptors (Lipinski definition) is 0. The molecule has 0 radical (unpaired) electrons. The Bertz CT molecular complexity index is 3350. The van der Waals surface area contributed by atoms with E-state index in [-0.39, 0.29) is 0 Å². The first-order valence-corrected chi connectivity index (χ1v) is 18.3. The van der Waals surface area contributed by atoms with E-state index in [0.717, 1.165) is 72.1 Å². The van der Waals surface area contributed by atoms with Gasteiger partial charge in [0.25, 0.3) is 0 Å². The second-order valence-electron chi connectivity index (χ2n) is 13.9. The smallest absolute Gasteiger partial charge is 0.195 e. The van der Waals surface area contributed by atoms with Crippen LogP contribution >= 0.6 is 0 Å². The van der Waals surface area contributed by atoms with E-state index in [0.29, 0.717) is 11.4 Å². The third-order valence-electron chi connectivity index (χ3n) is 11.1. The fourth-order valence-corrected chi connectivity index (χ4v) is 8.67. The molecule has 0 N–H and O–H groups in total. The van der Waals surface area contributed by atoms with Gasteiger partial charge in [-0.1, -0.05) is 97.1 Å². The van der Waals surface area contributed by atoms with Gasteiger partial charge in [0.05, 0.1) is 46.2 Å². The Morgan fingerprint density at radius 2 is 0.745 bits per heavy atom. The van der Waals surface area contributed by atoms with E-state index in [4.69, 9.17) is 13.1 Å². The maximum atomic E-state index is 8.11. The van der Waals surface area contributed by atoms with E-state index in [1.54, 1.807) is 0 Å². The van der Waals surface area contributed by atoms with E-state index in [1.165, 1.54) is 21.5 Å². The second-order valence-corrected chi connectivity index (χ2v) is 13.9. The van der Waals surface area contributed by atoms with Gasteiger partial charge in [0, 0.05) is 44.0 Å². The van der Waals surface area contributed by atoms with Crippen LogP contribution in [0.5, 0.6) is 0 Å². The number of fused-ring (bicyclic) bond motifs is 9. The average Bonchev–Trinajstić information content (AvgIpc) is 3.89. The zero-order valence-electron chi connectivity index (χ0n) is 29.5. The molecule has 5 heteroatoms. The highest BCUT2D eigenvalue weighted by Crippen LogP contribution is 2.41. The van der Waals surface area contributed by atoms with E-state index in [9.17, 15) is 0 Å². The molecule has 0 bridgehead atoms. The number of benzene rings is 8. The minimum atomic E-state index is 0.595. The van der Waals surface area contributed by atoms with Gasteiger partial charge in [-0.2, -0.15) is 0 Å². The Hall–Kier alpha value is -7.86. The summed E-state index contributed by atoms with van der Waals surface area (Å²) in [6.07, 6.45) is 0. The van der Waals surface area contributed by atoms with Crippen molar-refractivity contribution in [1.82, 2.24) is 13.7 Å². The van der Waals surface area contributed by atoms with Crippen LogP contribution in [0.1, 0.15) is 0 Å². The van der Waals surface area contributed by atoms with Crippen LogP contribution in [0.2, 0.25) is 0 Å². The predicted octanol–water partition coefficient (Wildman–Crippen LogP) is 13.7. The summed E-state index contributed by atoms with van der Waals surface area (Å²) in [7, 11) is 0. The second kappa shape index (κ2) is 11.8. The first-order chi connectivity index (χ1) is 27.2. The molecule has 254 valence electrons. The van der Waals surface area contributed by atoms with Crippen molar-refractivity contribution in [3.63, 3.8) is 0 Å². The van der Waals surface area contributed by atoms with Crippen LogP contribution in [-0.4, -0.2) is 13.7 Å². The Balaban J connectivity index is 1.08. The molecule has 0 aliphatic heterocycles. The van der Waals surface area contributed by atoms with Gasteiger partial charge >= 0.3 is 0 Å². The quantitative estimate of drug-likeness (QED) is 0.163. The van der Waals surface area contributed by atoms with Crippen LogP contribution in [0.3, 0.4) is 0 Å². The topological polar surface area (TPSA) is 23.5 Å². The van der Waals surface area contributed by atoms with Crippen molar-refractivity contribution >= 4 is 76.8 Å². The molecule has 0 unspecified atom stereocenters. The lowest BCUT2D eigenvalue weighted by atomic mass is 10.0. The third kappa shape index (κ3) is 4.51. The Labute approximate surface area is 316 Å². The minimum absolute atomic E-state index is 0.595. The molecule has 0 aliphatic rings. The summed E-state index contributed by atoms with van der Waals surface area (Å²) in [4.78, 5) is 7.76. The molecule has 0 amide bonds. The number of rotatable bonds is 4. The fourth-order valence-electron chi connectivity index (χ4n) is 8.67. The van der Waals surface area contributed by atoms with Crippen LogP contribution in [0, 0.1) is 13.1 Å². The summed E-state index contributed by atoms with van der Waals surface area (Å²) in [5, 5.41) is 6.95. The maximum Gasteiger partial charge on any atom is 0.195 e. The molecule has 0 saturated heterocycles. The zero-order chi connectivity index (χ0) is 36.6. The Morgan fingerprint density at radius 3 is 1.27 bits per heavy atom. The first kappa shape index (κ1) is 30.7. The predicted molar refractivity (Wildman–Crippen MR) is 227 cm³/mol. The van der Waals surface area contributed by atoms with E-state index in [1.807, 2.05) is 30.3 Å². The van der Waals surface area contributed by atoms with Crippen molar-refractivity contribution in [2.45, 2.75) is 0 Å². The molecule has 0 aliphatic carbocycles. The number of para-hydroxylation sites is 4. The molecule has 0 saturated carbocycles. The van der Waals surface area contributed by atoms with Crippen LogP contribution in [-0.2, 0) is 0 Å². The zero-order valence-corrected chi connectivity index (χ0v) is 29.5. The summed E-state index contributed by atoms with van der Waals surface area (Å²) >= 11 is 0. The van der Waals surface area contributed by atoms with E-state index in [2.05, 4.69) is 169 Å². The third-order valence-corrected chi connectivity index (χ3v) is 11.1. The molecule has 5 nitrogen and oxygen atoms in total. The van der Waals surface area contributed by atoms with E-state index >= 15 is 0 Å². The first-order valence-electron chi connectivity index (χ1n) is 18.3. The lowest BCUT2D eigenvalue weighted by Crippen LogP contribution is -1.96. The Morgan fingerprint density at radius 1 is 0.327 bits per heavy atom. The Kier molecular flexibility index (Phi) is 6.61.